The van der Waals surface area contributed by atoms with E-state index >= 15 is 0 Å². The number of thiocarbonyl (C=S) groups is 2. The van der Waals surface area contributed by atoms with Gasteiger partial charge in [-0.2, -0.15) is 10.5 Å². The summed E-state index contributed by atoms with van der Waals surface area (Å²) >= 11 is 17.2. The van der Waals surface area contributed by atoms with E-state index in [1.165, 1.54) is 139 Å². The highest BCUT2D eigenvalue weighted by atomic mass is 33.1. The van der Waals surface area contributed by atoms with Gasteiger partial charge in [0.1, 0.15) is 29.8 Å². The number of hydrogen-bond acceptors (Lipinski definition) is 14. The van der Waals surface area contributed by atoms with Crippen molar-refractivity contribution in [2.75, 3.05) is 36.2 Å². The summed E-state index contributed by atoms with van der Waals surface area (Å²) in [4.78, 5) is 24.7. The maximum Gasteiger partial charge on any atom is 0.305 e. The first-order chi connectivity index (χ1) is 27.0. The monoisotopic (exact) mass is 924 g/mol. The first-order valence-electron chi connectivity index (χ1n) is 21.1. The summed E-state index contributed by atoms with van der Waals surface area (Å²) in [6.45, 7) is 8.75. The molecule has 0 amide bonds. The molecule has 322 valence electrons. The van der Waals surface area contributed by atoms with E-state index in [-0.39, 0.29) is 38.0 Å². The van der Waals surface area contributed by atoms with Gasteiger partial charge in [-0.15, -0.1) is 23.5 Å². The number of ether oxygens (including phenoxy) is 2. The molecule has 0 saturated heterocycles. The van der Waals surface area contributed by atoms with Gasteiger partial charge < -0.3 is 9.47 Å². The molecule has 0 rings (SSSR count). The van der Waals surface area contributed by atoms with Crippen molar-refractivity contribution in [3.05, 3.63) is 0 Å². The lowest BCUT2D eigenvalue weighted by atomic mass is 10.1. The van der Waals surface area contributed by atoms with Crippen LogP contribution in [0.25, 0.3) is 0 Å². The number of hydrogen-bond donors (Lipinski definition) is 0. The van der Waals surface area contributed by atoms with Crippen molar-refractivity contribution >= 4 is 112 Å². The summed E-state index contributed by atoms with van der Waals surface area (Å²) in [5, 5.41) is 19.6. The van der Waals surface area contributed by atoms with Crippen molar-refractivity contribution in [1.82, 2.24) is 0 Å². The average molecular weight is 926 g/mol. The molecule has 0 aliphatic carbocycles. The third-order valence-corrected chi connectivity index (χ3v) is 17.1. The summed E-state index contributed by atoms with van der Waals surface area (Å²) in [5.41, 5.74) is 0. The van der Waals surface area contributed by atoms with Gasteiger partial charge in [-0.05, 0) is 51.0 Å². The molecule has 0 fully saturated rings. The Morgan fingerprint density at radius 1 is 0.518 bits per heavy atom. The molecule has 6 nitrogen and oxygen atoms in total. The molecule has 0 aromatic heterocycles. The van der Waals surface area contributed by atoms with E-state index in [1.54, 1.807) is 45.1 Å². The van der Waals surface area contributed by atoms with E-state index in [9.17, 15) is 20.1 Å². The smallest absolute Gasteiger partial charge is 0.305 e. The molecule has 0 N–H and O–H groups in total. The fraction of sp³-hybridized carbons (Fsp3) is 0.857. The van der Waals surface area contributed by atoms with Crippen LogP contribution >= 0.6 is 93.1 Å². The molecule has 0 aliphatic heterocycles. The van der Waals surface area contributed by atoms with Gasteiger partial charge in [0.15, 0.2) is 0 Å². The average Bonchev–Trinajstić information content (AvgIpc) is 3.18. The highest BCUT2D eigenvalue weighted by Gasteiger charge is 2.29. The van der Waals surface area contributed by atoms with Gasteiger partial charge in [0.2, 0.25) is 0 Å². The minimum atomic E-state index is -0.757. The Balaban J connectivity index is 3.93. The molecular formula is C42H72N2O4S8. The Bertz CT molecular complexity index is 1050. The maximum atomic E-state index is 12.3. The van der Waals surface area contributed by atoms with Gasteiger partial charge in [0.25, 0.3) is 0 Å². The van der Waals surface area contributed by atoms with Gasteiger partial charge in [-0.25, -0.2) is 0 Å². The van der Waals surface area contributed by atoms with Gasteiger partial charge in [0, 0.05) is 24.3 Å². The summed E-state index contributed by atoms with van der Waals surface area (Å²) in [5.74, 6) is 2.55. The second-order valence-corrected chi connectivity index (χ2v) is 24.8. The van der Waals surface area contributed by atoms with E-state index in [1.807, 2.05) is 13.8 Å². The predicted octanol–water partition coefficient (Wildman–Crippen LogP) is 14.9. The lowest BCUT2D eigenvalue weighted by molar-refractivity contribution is -0.144. The third-order valence-electron chi connectivity index (χ3n) is 9.08. The fourth-order valence-corrected chi connectivity index (χ4v) is 13.1. The van der Waals surface area contributed by atoms with Crippen LogP contribution in [-0.2, 0) is 19.1 Å². The highest BCUT2D eigenvalue weighted by molar-refractivity contribution is 8.76. The molecule has 0 spiro atoms. The number of thioether (sulfide) groups is 4. The lowest BCUT2D eigenvalue weighted by Gasteiger charge is -2.20. The van der Waals surface area contributed by atoms with Crippen LogP contribution in [-0.4, -0.2) is 64.7 Å². The zero-order valence-corrected chi connectivity index (χ0v) is 41.5. The zero-order chi connectivity index (χ0) is 41.6. The van der Waals surface area contributed by atoms with Crippen LogP contribution in [0.15, 0.2) is 0 Å². The first kappa shape index (κ1) is 56.2. The number of carbonyl (C=O) groups excluding carboxylic acids is 2. The van der Waals surface area contributed by atoms with E-state index < -0.39 is 9.49 Å². The molecule has 0 heterocycles. The summed E-state index contributed by atoms with van der Waals surface area (Å²) in [6.07, 6.45) is 27.2. The van der Waals surface area contributed by atoms with Gasteiger partial charge in [-0.3, -0.25) is 9.59 Å². The lowest BCUT2D eigenvalue weighted by Crippen LogP contribution is -2.21. The van der Waals surface area contributed by atoms with Crippen molar-refractivity contribution in [3.63, 3.8) is 0 Å². The summed E-state index contributed by atoms with van der Waals surface area (Å²) in [7, 11) is 3.11. The van der Waals surface area contributed by atoms with E-state index in [2.05, 4.69) is 26.0 Å². The largest absolute Gasteiger partial charge is 0.465 e. The molecule has 0 bridgehead atoms. The third kappa shape index (κ3) is 36.1. The van der Waals surface area contributed by atoms with Gasteiger partial charge in [-0.1, -0.05) is 199 Å². The molecule has 0 aromatic carbocycles. The number of rotatable bonds is 37. The number of nitriles is 2. The highest BCUT2D eigenvalue weighted by Crippen LogP contribution is 2.36. The van der Waals surface area contributed by atoms with Crippen LogP contribution in [0.3, 0.4) is 0 Å². The van der Waals surface area contributed by atoms with Crippen LogP contribution in [0.1, 0.15) is 182 Å². The normalized spacial score (nSPS) is 13.2. The van der Waals surface area contributed by atoms with Crippen LogP contribution < -0.4 is 0 Å². The molecule has 0 saturated carbocycles. The van der Waals surface area contributed by atoms with Crippen molar-refractivity contribution in [2.24, 2.45) is 0 Å². The number of unbranched alkanes of at least 4 members (excludes halogenated alkanes) is 18. The first-order valence-corrected chi connectivity index (χ1v) is 28.0. The second kappa shape index (κ2) is 39.3. The maximum absolute atomic E-state index is 12.3. The molecule has 2 atom stereocenters. The summed E-state index contributed by atoms with van der Waals surface area (Å²) in [6, 6.07) is 4.69. The zero-order valence-electron chi connectivity index (χ0n) is 35.0. The molecule has 0 aromatic rings. The molecule has 56 heavy (non-hydrogen) atoms. The Kier molecular flexibility index (Phi) is 39.5. The number of nitrogens with zero attached hydrogens (tertiary/aromatic N) is 2. The fourth-order valence-electron chi connectivity index (χ4n) is 5.50. The minimum absolute atomic E-state index is 0.171. The Hall–Kier alpha value is 0.200. The molecule has 2 unspecified atom stereocenters. The van der Waals surface area contributed by atoms with Crippen LogP contribution in [0, 0.1) is 22.7 Å². The molecule has 0 radical (unpaired) electrons. The molecule has 0 aliphatic rings. The van der Waals surface area contributed by atoms with E-state index in [0.29, 0.717) is 24.3 Å². The number of esters is 2. The SMILES string of the molecule is CCCCCCCCCCCCSC(=S)SC(C)(C#N)CCC(=O)OCCSSCCOC(=O)CCC(C)(C#N)SC(=S)SCCCCCCCCCCCC. The van der Waals surface area contributed by atoms with Crippen LogP contribution in [0.2, 0.25) is 0 Å². The topological polar surface area (TPSA) is 100 Å². The Morgan fingerprint density at radius 3 is 1.12 bits per heavy atom. The molecular weight excluding hydrogens is 853 g/mol. The second-order valence-electron chi connectivity index (χ2n) is 14.5. The van der Waals surface area contributed by atoms with Crippen molar-refractivity contribution < 1.29 is 19.1 Å². The van der Waals surface area contributed by atoms with Crippen molar-refractivity contribution in [1.29, 1.82) is 10.5 Å². The Morgan fingerprint density at radius 2 is 0.821 bits per heavy atom. The van der Waals surface area contributed by atoms with Gasteiger partial charge in [0.05, 0.1) is 12.1 Å². The quantitative estimate of drug-likeness (QED) is 0.0256. The minimum Gasteiger partial charge on any atom is -0.465 e. The van der Waals surface area contributed by atoms with Crippen molar-refractivity contribution in [2.45, 2.75) is 191 Å². The molecule has 14 heteroatoms. The van der Waals surface area contributed by atoms with Crippen molar-refractivity contribution in [3.8, 4) is 12.1 Å². The predicted molar refractivity (Wildman–Crippen MR) is 262 cm³/mol. The van der Waals surface area contributed by atoms with Gasteiger partial charge >= 0.3 is 11.9 Å². The van der Waals surface area contributed by atoms with Crippen LogP contribution in [0.4, 0.5) is 0 Å². The van der Waals surface area contributed by atoms with Crippen LogP contribution in [0.5, 0.6) is 0 Å². The van der Waals surface area contributed by atoms with E-state index in [0.717, 1.165) is 31.4 Å². The number of carbonyl (C=O) groups is 2. The Labute approximate surface area is 378 Å². The van der Waals surface area contributed by atoms with E-state index in [4.69, 9.17) is 33.9 Å². The standard InChI is InChI=1S/C42H72N2O4S8/c1-5-7-9-11-13-15-17-19-21-23-31-51-39(49)55-41(3,35-43)27-25-37(45)47-29-33-53-54-34-30-48-38(46)26-28-42(4,36-44)56-40(50)52-32-24-22-20-18-16-14-12-10-8-6-2/h5-34H2,1-4H3. The summed E-state index contributed by atoms with van der Waals surface area (Å²) < 4.78 is 10.8.